The average molecular weight is 492 g/mol. The zero-order valence-corrected chi connectivity index (χ0v) is 17.7. The van der Waals surface area contributed by atoms with Crippen molar-refractivity contribution < 1.29 is 13.2 Å². The molecule has 0 saturated carbocycles. The van der Waals surface area contributed by atoms with E-state index in [1.165, 1.54) is 17.5 Å². The van der Waals surface area contributed by atoms with Gasteiger partial charge >= 0.3 is 0 Å². The molecule has 1 unspecified atom stereocenters. The summed E-state index contributed by atoms with van der Waals surface area (Å²) in [4.78, 5) is 16.0. The number of amides is 1. The second kappa shape index (κ2) is 9.03. The summed E-state index contributed by atoms with van der Waals surface area (Å²) in [5.74, 6) is 0.253. The Morgan fingerprint density at radius 2 is 2.04 bits per heavy atom. The Kier molecular flexibility index (Phi) is 7.27. The van der Waals surface area contributed by atoms with Gasteiger partial charge in [-0.1, -0.05) is 6.07 Å². The fraction of sp³-hybridized carbons (Fsp3) is 0.529. The van der Waals surface area contributed by atoms with Gasteiger partial charge in [0.25, 0.3) is 0 Å². The highest BCUT2D eigenvalue weighted by atomic mass is 127. The average Bonchev–Trinajstić information content (AvgIpc) is 3.12. The van der Waals surface area contributed by atoms with Gasteiger partial charge in [-0.05, 0) is 48.9 Å². The third kappa shape index (κ3) is 5.83. The number of halogens is 1. The predicted molar refractivity (Wildman–Crippen MR) is 114 cm³/mol. The van der Waals surface area contributed by atoms with Crippen molar-refractivity contribution in [3.63, 3.8) is 0 Å². The van der Waals surface area contributed by atoms with Crippen LogP contribution in [-0.4, -0.2) is 44.4 Å². The summed E-state index contributed by atoms with van der Waals surface area (Å²) in [6, 6.07) is 5.92. The molecule has 7 nitrogen and oxygen atoms in total. The van der Waals surface area contributed by atoms with Gasteiger partial charge in [0.2, 0.25) is 5.91 Å². The molecule has 4 N–H and O–H groups in total. The van der Waals surface area contributed by atoms with Crippen LogP contribution < -0.4 is 16.4 Å². The maximum absolute atomic E-state index is 11.8. The van der Waals surface area contributed by atoms with Gasteiger partial charge in [-0.25, -0.2) is 8.42 Å². The summed E-state index contributed by atoms with van der Waals surface area (Å²) in [6.07, 6.45) is 4.10. The SMILES string of the molecule is I.NC(=NCCC(=O)NC1CCS(=O)(=O)C1)Nc1ccc2c(c1)CCC2. The van der Waals surface area contributed by atoms with Crippen molar-refractivity contribution in [3.05, 3.63) is 29.3 Å². The van der Waals surface area contributed by atoms with Gasteiger partial charge in [0.1, 0.15) is 0 Å². The van der Waals surface area contributed by atoms with Crippen LogP contribution >= 0.6 is 24.0 Å². The third-order valence-corrected chi connectivity index (χ3v) is 6.36. The number of nitrogens with two attached hydrogens (primary N) is 1. The van der Waals surface area contributed by atoms with E-state index in [0.717, 1.165) is 18.5 Å². The number of carbonyl (C=O) groups is 1. The van der Waals surface area contributed by atoms with Crippen LogP contribution in [0.3, 0.4) is 0 Å². The highest BCUT2D eigenvalue weighted by Crippen LogP contribution is 2.24. The molecule has 1 aliphatic heterocycles. The molecule has 1 amide bonds. The fourth-order valence-electron chi connectivity index (χ4n) is 3.32. The molecular formula is C17H25IN4O3S. The number of hydrogen-bond acceptors (Lipinski definition) is 4. The lowest BCUT2D eigenvalue weighted by Gasteiger charge is -2.10. The summed E-state index contributed by atoms with van der Waals surface area (Å²) in [5, 5.41) is 5.78. The van der Waals surface area contributed by atoms with E-state index < -0.39 is 9.84 Å². The van der Waals surface area contributed by atoms with Gasteiger partial charge in [0.05, 0.1) is 18.1 Å². The number of nitrogens with one attached hydrogen (secondary N) is 2. The van der Waals surface area contributed by atoms with Crippen molar-refractivity contribution in [2.45, 2.75) is 38.1 Å². The van der Waals surface area contributed by atoms with Crippen molar-refractivity contribution >= 4 is 51.4 Å². The number of hydrogen-bond donors (Lipinski definition) is 3. The standard InChI is InChI=1S/C17H24N4O3S.HI/c18-17(21-14-5-4-12-2-1-3-13(12)10-14)19-8-6-16(22)20-15-7-9-25(23,24)11-15;/h4-5,10,15H,1-3,6-9,11H2,(H,20,22)(H3,18,19,21);1H. The van der Waals surface area contributed by atoms with Crippen LogP contribution in [-0.2, 0) is 27.5 Å². The number of sulfone groups is 1. The van der Waals surface area contributed by atoms with Crippen molar-refractivity contribution in [3.8, 4) is 0 Å². The number of rotatable bonds is 5. The molecule has 2 aliphatic rings. The molecule has 1 aromatic carbocycles. The largest absolute Gasteiger partial charge is 0.370 e. The number of fused-ring (bicyclic) bond motifs is 1. The molecule has 1 fully saturated rings. The molecule has 1 aromatic rings. The first-order chi connectivity index (χ1) is 11.9. The minimum Gasteiger partial charge on any atom is -0.370 e. The summed E-state index contributed by atoms with van der Waals surface area (Å²) >= 11 is 0. The van der Waals surface area contributed by atoms with Crippen LogP contribution in [0, 0.1) is 0 Å². The number of guanidine groups is 1. The van der Waals surface area contributed by atoms with E-state index in [1.807, 2.05) is 6.07 Å². The number of aliphatic imine (C=N–C) groups is 1. The summed E-state index contributed by atoms with van der Waals surface area (Å²) < 4.78 is 22.7. The van der Waals surface area contributed by atoms with E-state index >= 15 is 0 Å². The Labute approximate surface area is 171 Å². The highest BCUT2D eigenvalue weighted by Gasteiger charge is 2.28. The molecule has 0 aromatic heterocycles. The Hall–Kier alpha value is -1.36. The normalized spacial score (nSPS) is 20.9. The van der Waals surface area contributed by atoms with Gasteiger partial charge in [0.15, 0.2) is 15.8 Å². The molecule has 144 valence electrons. The molecule has 1 aliphatic carbocycles. The lowest BCUT2D eigenvalue weighted by Crippen LogP contribution is -2.36. The lowest BCUT2D eigenvalue weighted by atomic mass is 10.1. The number of nitrogens with zero attached hydrogens (tertiary/aromatic N) is 1. The second-order valence-electron chi connectivity index (χ2n) is 6.65. The quantitative estimate of drug-likeness (QED) is 0.325. The molecule has 9 heteroatoms. The van der Waals surface area contributed by atoms with E-state index in [1.54, 1.807) is 0 Å². The molecule has 26 heavy (non-hydrogen) atoms. The monoisotopic (exact) mass is 492 g/mol. The Morgan fingerprint density at radius 1 is 1.27 bits per heavy atom. The first-order valence-corrected chi connectivity index (χ1v) is 10.4. The van der Waals surface area contributed by atoms with E-state index in [9.17, 15) is 13.2 Å². The van der Waals surface area contributed by atoms with Crippen LogP contribution in [0.15, 0.2) is 23.2 Å². The van der Waals surface area contributed by atoms with Crippen molar-refractivity contribution in [2.24, 2.45) is 10.7 Å². The van der Waals surface area contributed by atoms with Gasteiger partial charge in [0, 0.05) is 18.2 Å². The predicted octanol–water partition coefficient (Wildman–Crippen LogP) is 1.21. The third-order valence-electron chi connectivity index (χ3n) is 4.59. The lowest BCUT2D eigenvalue weighted by molar-refractivity contribution is -0.121. The number of carbonyl (C=O) groups excluding carboxylic acids is 1. The summed E-state index contributed by atoms with van der Waals surface area (Å²) in [6.45, 7) is 0.259. The van der Waals surface area contributed by atoms with Gasteiger partial charge in [-0.15, -0.1) is 24.0 Å². The van der Waals surface area contributed by atoms with Crippen molar-refractivity contribution in [1.29, 1.82) is 0 Å². The first kappa shape index (κ1) is 20.9. The van der Waals surface area contributed by atoms with Crippen LogP contribution in [0.1, 0.15) is 30.4 Å². The number of aryl methyl sites for hydroxylation is 2. The minimum atomic E-state index is -2.99. The van der Waals surface area contributed by atoms with Crippen molar-refractivity contribution in [2.75, 3.05) is 23.4 Å². The van der Waals surface area contributed by atoms with Crippen LogP contribution in [0.5, 0.6) is 0 Å². The molecule has 3 rings (SSSR count). The maximum Gasteiger partial charge on any atom is 0.222 e. The molecule has 1 atom stereocenters. The number of benzene rings is 1. The number of anilines is 1. The van der Waals surface area contributed by atoms with Gasteiger partial charge in [-0.3, -0.25) is 9.79 Å². The Balaban J connectivity index is 0.00000243. The fourth-order valence-corrected chi connectivity index (χ4v) is 5.00. The van der Waals surface area contributed by atoms with Crippen LogP contribution in [0.4, 0.5) is 5.69 Å². The van der Waals surface area contributed by atoms with Crippen LogP contribution in [0.2, 0.25) is 0 Å². The van der Waals surface area contributed by atoms with Gasteiger partial charge in [-0.2, -0.15) is 0 Å². The minimum absolute atomic E-state index is 0. The van der Waals surface area contributed by atoms with Crippen molar-refractivity contribution in [1.82, 2.24) is 5.32 Å². The van der Waals surface area contributed by atoms with E-state index in [0.29, 0.717) is 6.42 Å². The van der Waals surface area contributed by atoms with E-state index in [4.69, 9.17) is 5.73 Å². The van der Waals surface area contributed by atoms with Gasteiger partial charge < -0.3 is 16.4 Å². The molecular weight excluding hydrogens is 467 g/mol. The zero-order chi connectivity index (χ0) is 17.9. The summed E-state index contributed by atoms with van der Waals surface area (Å²) in [7, 11) is -2.99. The van der Waals surface area contributed by atoms with E-state index in [-0.39, 0.29) is 66.4 Å². The molecule has 0 bridgehead atoms. The molecule has 0 spiro atoms. The van der Waals surface area contributed by atoms with E-state index in [2.05, 4.69) is 27.8 Å². The maximum atomic E-state index is 11.8. The Morgan fingerprint density at radius 3 is 2.77 bits per heavy atom. The second-order valence-corrected chi connectivity index (χ2v) is 8.88. The highest BCUT2D eigenvalue weighted by molar-refractivity contribution is 14.0. The zero-order valence-electron chi connectivity index (χ0n) is 14.5. The smallest absolute Gasteiger partial charge is 0.222 e. The summed E-state index contributed by atoms with van der Waals surface area (Å²) in [5.41, 5.74) is 9.51. The first-order valence-electron chi connectivity index (χ1n) is 8.60. The Bertz CT molecular complexity index is 795. The molecule has 0 radical (unpaired) electrons. The molecule has 1 heterocycles. The topological polar surface area (TPSA) is 114 Å². The van der Waals surface area contributed by atoms with Crippen LogP contribution in [0.25, 0.3) is 0 Å². The molecule has 1 saturated heterocycles.